The van der Waals surface area contributed by atoms with Crippen LogP contribution in [-0.2, 0) is 9.53 Å². The van der Waals surface area contributed by atoms with Crippen LogP contribution in [0.4, 0.5) is 5.69 Å². The number of benzene rings is 1. The van der Waals surface area contributed by atoms with Crippen molar-refractivity contribution < 1.29 is 9.53 Å². The first kappa shape index (κ1) is 12.1. The Morgan fingerprint density at radius 2 is 2.18 bits per heavy atom. The number of carbonyl (C=O) groups is 1. The number of aryl methyl sites for hydroxylation is 1. The fourth-order valence-electron chi connectivity index (χ4n) is 1.84. The summed E-state index contributed by atoms with van der Waals surface area (Å²) in [4.78, 5) is 11.6. The molecule has 0 radical (unpaired) electrons. The highest BCUT2D eigenvalue weighted by Crippen LogP contribution is 2.21. The lowest BCUT2D eigenvalue weighted by Crippen LogP contribution is -2.42. The lowest BCUT2D eigenvalue weighted by atomic mass is 9.90. The molecular weight excluding hydrogens is 216 g/mol. The molecule has 17 heavy (non-hydrogen) atoms. The van der Waals surface area contributed by atoms with E-state index < -0.39 is 0 Å². The molecule has 0 atom stereocenters. The number of hydrogen-bond donors (Lipinski definition) is 2. The highest BCUT2D eigenvalue weighted by Gasteiger charge is 2.27. The number of nitrogens with two attached hydrogens (primary N) is 1. The quantitative estimate of drug-likeness (QED) is 0.828. The van der Waals surface area contributed by atoms with E-state index in [0.29, 0.717) is 0 Å². The minimum absolute atomic E-state index is 0.103. The van der Waals surface area contributed by atoms with Crippen molar-refractivity contribution in [1.82, 2.24) is 0 Å². The second-order valence-corrected chi connectivity index (χ2v) is 4.53. The second kappa shape index (κ2) is 5.29. The third-order valence-corrected chi connectivity index (χ3v) is 3.00. The second-order valence-electron chi connectivity index (χ2n) is 4.53. The molecule has 0 aromatic heterocycles. The number of carbonyl (C=O) groups excluding carboxylic acids is 1. The molecule has 4 heteroatoms. The third kappa shape index (κ3) is 3.28. The number of nitrogens with one attached hydrogen (secondary N) is 1. The van der Waals surface area contributed by atoms with Gasteiger partial charge in [-0.3, -0.25) is 4.79 Å². The average Bonchev–Trinajstić information content (AvgIpc) is 2.26. The van der Waals surface area contributed by atoms with Crippen LogP contribution in [-0.4, -0.2) is 24.7 Å². The summed E-state index contributed by atoms with van der Waals surface area (Å²) in [5, 5.41) is 2.83. The summed E-state index contributed by atoms with van der Waals surface area (Å²) < 4.78 is 5.43. The molecule has 1 fully saturated rings. The molecule has 0 aliphatic heterocycles. The standard InChI is InChI=1S/C13H18N2O2/c1-9-4-2-3-5-12(9)15-13(16)8-17-11-6-10(14)7-11/h2-5,10-11H,6-8,14H2,1H3,(H,15,16). The molecule has 4 nitrogen and oxygen atoms in total. The van der Waals surface area contributed by atoms with Crippen LogP contribution in [0.3, 0.4) is 0 Å². The lowest BCUT2D eigenvalue weighted by Gasteiger charge is -2.31. The van der Waals surface area contributed by atoms with Crippen LogP contribution >= 0.6 is 0 Å². The van der Waals surface area contributed by atoms with Gasteiger partial charge in [0.2, 0.25) is 5.91 Å². The van der Waals surface area contributed by atoms with Crippen molar-refractivity contribution in [3.05, 3.63) is 29.8 Å². The Morgan fingerprint density at radius 3 is 2.82 bits per heavy atom. The highest BCUT2D eigenvalue weighted by molar-refractivity contribution is 5.92. The zero-order valence-electron chi connectivity index (χ0n) is 9.98. The summed E-state index contributed by atoms with van der Waals surface area (Å²) in [5.74, 6) is -0.111. The van der Waals surface area contributed by atoms with Gasteiger partial charge in [-0.2, -0.15) is 0 Å². The SMILES string of the molecule is Cc1ccccc1NC(=O)COC1CC(N)C1. The summed E-state index contributed by atoms with van der Waals surface area (Å²) in [7, 11) is 0. The van der Waals surface area contributed by atoms with E-state index in [-0.39, 0.29) is 24.7 Å². The lowest BCUT2D eigenvalue weighted by molar-refractivity contribution is -0.124. The maximum Gasteiger partial charge on any atom is 0.250 e. The van der Waals surface area contributed by atoms with Crippen molar-refractivity contribution in [2.24, 2.45) is 5.73 Å². The predicted octanol–water partition coefficient (Wildman–Crippen LogP) is 1.44. The van der Waals surface area contributed by atoms with E-state index >= 15 is 0 Å². The van der Waals surface area contributed by atoms with Gasteiger partial charge in [-0.1, -0.05) is 18.2 Å². The summed E-state index contributed by atoms with van der Waals surface area (Å²) >= 11 is 0. The molecule has 0 bridgehead atoms. The molecule has 0 spiro atoms. The molecule has 92 valence electrons. The van der Waals surface area contributed by atoms with Gasteiger partial charge in [0.25, 0.3) is 0 Å². The molecular formula is C13H18N2O2. The molecule has 1 amide bonds. The van der Waals surface area contributed by atoms with E-state index in [1.807, 2.05) is 31.2 Å². The molecule has 0 unspecified atom stereocenters. The first-order valence-corrected chi connectivity index (χ1v) is 5.88. The largest absolute Gasteiger partial charge is 0.368 e. The fraction of sp³-hybridized carbons (Fsp3) is 0.462. The highest BCUT2D eigenvalue weighted by atomic mass is 16.5. The van der Waals surface area contributed by atoms with Crippen LogP contribution in [0.15, 0.2) is 24.3 Å². The summed E-state index contributed by atoms with van der Waals surface area (Å²) in [6.07, 6.45) is 1.88. The maximum absolute atomic E-state index is 11.6. The number of anilines is 1. The number of rotatable bonds is 4. The molecule has 2 rings (SSSR count). The summed E-state index contributed by atoms with van der Waals surface area (Å²) in [5.41, 5.74) is 7.53. The van der Waals surface area contributed by atoms with E-state index in [1.54, 1.807) is 0 Å². The van der Waals surface area contributed by atoms with E-state index in [2.05, 4.69) is 5.32 Å². The minimum atomic E-state index is -0.111. The van der Waals surface area contributed by atoms with Crippen LogP contribution in [0.1, 0.15) is 18.4 Å². The molecule has 1 aromatic carbocycles. The number of hydrogen-bond acceptors (Lipinski definition) is 3. The van der Waals surface area contributed by atoms with Crippen LogP contribution in [0.5, 0.6) is 0 Å². The molecule has 3 N–H and O–H groups in total. The molecule has 0 saturated heterocycles. The van der Waals surface area contributed by atoms with Crippen molar-refractivity contribution in [2.75, 3.05) is 11.9 Å². The zero-order valence-corrected chi connectivity index (χ0v) is 9.98. The summed E-state index contributed by atoms with van der Waals surface area (Å²) in [6, 6.07) is 7.93. The van der Waals surface area contributed by atoms with Crippen molar-refractivity contribution in [2.45, 2.75) is 31.9 Å². The number of amides is 1. The topological polar surface area (TPSA) is 64.3 Å². The van der Waals surface area contributed by atoms with Crippen LogP contribution < -0.4 is 11.1 Å². The maximum atomic E-state index is 11.6. The molecule has 1 aliphatic rings. The van der Waals surface area contributed by atoms with Crippen molar-refractivity contribution >= 4 is 11.6 Å². The molecule has 1 aromatic rings. The normalized spacial score (nSPS) is 22.9. The number of para-hydroxylation sites is 1. The van der Waals surface area contributed by atoms with Gasteiger partial charge >= 0.3 is 0 Å². The van der Waals surface area contributed by atoms with Crippen LogP contribution in [0, 0.1) is 6.92 Å². The average molecular weight is 234 g/mol. The Balaban J connectivity index is 1.76. The van der Waals surface area contributed by atoms with Gasteiger partial charge in [0.05, 0.1) is 6.10 Å². The van der Waals surface area contributed by atoms with E-state index in [0.717, 1.165) is 24.1 Å². The Bertz CT molecular complexity index is 400. The fourth-order valence-corrected chi connectivity index (χ4v) is 1.84. The smallest absolute Gasteiger partial charge is 0.250 e. The van der Waals surface area contributed by atoms with Crippen molar-refractivity contribution in [3.63, 3.8) is 0 Å². The zero-order chi connectivity index (χ0) is 12.3. The van der Waals surface area contributed by atoms with E-state index in [9.17, 15) is 4.79 Å². The van der Waals surface area contributed by atoms with Crippen molar-refractivity contribution in [3.8, 4) is 0 Å². The molecule has 1 saturated carbocycles. The van der Waals surface area contributed by atoms with Gasteiger partial charge < -0.3 is 15.8 Å². The van der Waals surface area contributed by atoms with Gasteiger partial charge in [-0.05, 0) is 31.4 Å². The number of ether oxygens (including phenoxy) is 1. The van der Waals surface area contributed by atoms with Gasteiger partial charge in [0.15, 0.2) is 0 Å². The van der Waals surface area contributed by atoms with Gasteiger partial charge in [-0.25, -0.2) is 0 Å². The predicted molar refractivity (Wildman–Crippen MR) is 66.8 cm³/mol. The Kier molecular flexibility index (Phi) is 3.76. The molecule has 0 heterocycles. The minimum Gasteiger partial charge on any atom is -0.368 e. The first-order valence-electron chi connectivity index (χ1n) is 5.88. The van der Waals surface area contributed by atoms with E-state index in [4.69, 9.17) is 10.5 Å². The van der Waals surface area contributed by atoms with Crippen LogP contribution in [0.25, 0.3) is 0 Å². The molecule has 1 aliphatic carbocycles. The van der Waals surface area contributed by atoms with Gasteiger partial charge in [-0.15, -0.1) is 0 Å². The van der Waals surface area contributed by atoms with Gasteiger partial charge in [0, 0.05) is 11.7 Å². The Hall–Kier alpha value is -1.39. The van der Waals surface area contributed by atoms with Crippen molar-refractivity contribution in [1.29, 1.82) is 0 Å². The van der Waals surface area contributed by atoms with Gasteiger partial charge in [0.1, 0.15) is 6.61 Å². The summed E-state index contributed by atoms with van der Waals surface area (Å²) in [6.45, 7) is 2.06. The van der Waals surface area contributed by atoms with Crippen LogP contribution in [0.2, 0.25) is 0 Å². The Morgan fingerprint density at radius 1 is 1.47 bits per heavy atom. The third-order valence-electron chi connectivity index (χ3n) is 3.00. The first-order chi connectivity index (χ1) is 8.15. The Labute approximate surface area is 101 Å². The monoisotopic (exact) mass is 234 g/mol. The van der Waals surface area contributed by atoms with E-state index in [1.165, 1.54) is 0 Å².